The van der Waals surface area contributed by atoms with Gasteiger partial charge in [-0.25, -0.2) is 0 Å². The van der Waals surface area contributed by atoms with E-state index in [1.807, 2.05) is 12.1 Å². The Bertz CT molecular complexity index is 1720. The Hall–Kier alpha value is -4.06. The molecule has 4 aromatic carbocycles. The van der Waals surface area contributed by atoms with Gasteiger partial charge in [-0.15, -0.1) is 11.8 Å². The van der Waals surface area contributed by atoms with Crippen LogP contribution in [0.5, 0.6) is 0 Å². The van der Waals surface area contributed by atoms with Gasteiger partial charge >= 0.3 is 6.18 Å². The van der Waals surface area contributed by atoms with Gasteiger partial charge in [0.2, 0.25) is 5.91 Å². The van der Waals surface area contributed by atoms with E-state index in [-0.39, 0.29) is 16.4 Å². The first-order valence-electron chi connectivity index (χ1n) is 13.5. The lowest BCUT2D eigenvalue weighted by molar-refractivity contribution is -0.137. The second-order valence-corrected chi connectivity index (χ2v) is 12.2. The Labute approximate surface area is 275 Å². The molecule has 0 saturated heterocycles. The van der Waals surface area contributed by atoms with Crippen LogP contribution in [0.25, 0.3) is 6.08 Å². The highest BCUT2D eigenvalue weighted by atomic mass is 79.9. The number of thioether (sulfide) groups is 1. The van der Waals surface area contributed by atoms with Gasteiger partial charge in [-0.2, -0.15) is 13.2 Å². The number of alkyl halides is 3. The average molecular weight is 717 g/mol. The van der Waals surface area contributed by atoms with Crippen LogP contribution < -0.4 is 16.0 Å². The molecule has 1 unspecified atom stereocenters. The van der Waals surface area contributed by atoms with Gasteiger partial charge in [-0.3, -0.25) is 14.4 Å². The molecule has 0 saturated carbocycles. The van der Waals surface area contributed by atoms with Crippen molar-refractivity contribution in [3.8, 4) is 0 Å². The van der Waals surface area contributed by atoms with Crippen LogP contribution in [0.1, 0.15) is 34.8 Å². The van der Waals surface area contributed by atoms with Crippen molar-refractivity contribution >= 4 is 74.5 Å². The predicted octanol–water partition coefficient (Wildman–Crippen LogP) is 9.04. The summed E-state index contributed by atoms with van der Waals surface area (Å²) in [5, 5.41) is 7.28. The largest absolute Gasteiger partial charge is 0.416 e. The van der Waals surface area contributed by atoms with Crippen molar-refractivity contribution in [3.05, 3.63) is 129 Å². The van der Waals surface area contributed by atoms with E-state index in [2.05, 4.69) is 31.9 Å². The monoisotopic (exact) mass is 715 g/mol. The molecular weight excluding hydrogens is 691 g/mol. The van der Waals surface area contributed by atoms with Crippen LogP contribution in [0.2, 0.25) is 5.02 Å². The number of carbonyl (C=O) groups is 3. The molecule has 0 fully saturated rings. The van der Waals surface area contributed by atoms with Crippen LogP contribution in [0.4, 0.5) is 24.5 Å². The topological polar surface area (TPSA) is 87.3 Å². The summed E-state index contributed by atoms with van der Waals surface area (Å²) < 4.78 is 40.4. The van der Waals surface area contributed by atoms with E-state index in [1.54, 1.807) is 79.7 Å². The van der Waals surface area contributed by atoms with Gasteiger partial charge in [-0.05, 0) is 78.7 Å². The molecule has 0 radical (unpaired) electrons. The highest BCUT2D eigenvalue weighted by Gasteiger charge is 2.31. The molecule has 1 atom stereocenters. The third-order valence-corrected chi connectivity index (χ3v) is 8.51. The standard InChI is InChI=1S/C33H26BrClF3N3O3S/c1-2-29(32(44)40-27-18-22(33(36,37)38)13-16-26(27)35)45-25-10-6-9-24(19-25)39-31(43)28(17-20-11-14-23(34)15-12-20)41-30(42)21-7-4-3-5-8-21/h3-19,29H,2H2,1H3,(H,39,43)(H,40,44)(H,41,42)/b28-17-. The van der Waals surface area contributed by atoms with Crippen LogP contribution in [-0.4, -0.2) is 23.0 Å². The Balaban J connectivity index is 1.50. The van der Waals surface area contributed by atoms with Gasteiger partial charge < -0.3 is 16.0 Å². The number of carbonyl (C=O) groups excluding carboxylic acids is 3. The Kier molecular flexibility index (Phi) is 11.5. The van der Waals surface area contributed by atoms with Crippen LogP contribution >= 0.6 is 39.3 Å². The van der Waals surface area contributed by atoms with Crippen molar-refractivity contribution in [2.24, 2.45) is 0 Å². The molecule has 0 aliphatic rings. The number of hydrogen-bond donors (Lipinski definition) is 3. The first-order chi connectivity index (χ1) is 21.4. The van der Waals surface area contributed by atoms with Gasteiger partial charge in [0.25, 0.3) is 11.8 Å². The fraction of sp³-hybridized carbons (Fsp3) is 0.121. The zero-order valence-corrected chi connectivity index (χ0v) is 26.8. The maximum atomic E-state index is 13.4. The molecule has 0 bridgehead atoms. The SMILES string of the molecule is CCC(Sc1cccc(NC(=O)/C(=C/c2ccc(Br)cc2)NC(=O)c2ccccc2)c1)C(=O)Nc1cc(C(F)(F)F)ccc1Cl. The van der Waals surface area contributed by atoms with Gasteiger partial charge in [0.1, 0.15) is 5.70 Å². The second-order valence-electron chi connectivity index (χ2n) is 9.61. The summed E-state index contributed by atoms with van der Waals surface area (Å²) in [4.78, 5) is 40.0. The van der Waals surface area contributed by atoms with Crippen molar-refractivity contribution in [3.63, 3.8) is 0 Å². The fourth-order valence-corrected chi connectivity index (χ4v) is 5.45. The average Bonchev–Trinajstić information content (AvgIpc) is 3.01. The molecule has 0 spiro atoms. The van der Waals surface area contributed by atoms with Crippen molar-refractivity contribution in [1.82, 2.24) is 5.32 Å². The number of rotatable bonds is 10. The summed E-state index contributed by atoms with van der Waals surface area (Å²) in [7, 11) is 0. The van der Waals surface area contributed by atoms with E-state index < -0.39 is 34.7 Å². The molecule has 6 nitrogen and oxygen atoms in total. The Morgan fingerprint density at radius 3 is 2.29 bits per heavy atom. The van der Waals surface area contributed by atoms with Crippen molar-refractivity contribution in [2.75, 3.05) is 10.6 Å². The highest BCUT2D eigenvalue weighted by molar-refractivity contribution is 9.10. The normalized spacial score (nSPS) is 12.3. The zero-order chi connectivity index (χ0) is 32.6. The number of nitrogens with one attached hydrogen (secondary N) is 3. The van der Waals surface area contributed by atoms with Crippen LogP contribution in [0.3, 0.4) is 0 Å². The maximum absolute atomic E-state index is 13.4. The molecule has 4 aromatic rings. The van der Waals surface area contributed by atoms with Gasteiger partial charge in [-0.1, -0.05) is 70.9 Å². The predicted molar refractivity (Wildman–Crippen MR) is 176 cm³/mol. The van der Waals surface area contributed by atoms with Gasteiger partial charge in [0, 0.05) is 20.6 Å². The van der Waals surface area contributed by atoms with Crippen molar-refractivity contribution < 1.29 is 27.6 Å². The first kappa shape index (κ1) is 33.8. The minimum Gasteiger partial charge on any atom is -0.324 e. The van der Waals surface area contributed by atoms with E-state index >= 15 is 0 Å². The first-order valence-corrected chi connectivity index (χ1v) is 15.6. The van der Waals surface area contributed by atoms with Crippen molar-refractivity contribution in [1.29, 1.82) is 0 Å². The molecule has 232 valence electrons. The summed E-state index contributed by atoms with van der Waals surface area (Å²) in [6.07, 6.45) is -2.68. The number of benzene rings is 4. The lowest BCUT2D eigenvalue weighted by atomic mass is 10.1. The molecule has 3 amide bonds. The van der Waals surface area contributed by atoms with E-state index in [1.165, 1.54) is 11.8 Å². The molecule has 0 heterocycles. The smallest absolute Gasteiger partial charge is 0.324 e. The summed E-state index contributed by atoms with van der Waals surface area (Å²) in [5.41, 5.74) is 0.392. The molecule has 0 aliphatic carbocycles. The highest BCUT2D eigenvalue weighted by Crippen LogP contribution is 2.35. The third-order valence-electron chi connectivity index (χ3n) is 6.29. The van der Waals surface area contributed by atoms with Gasteiger partial charge in [0.15, 0.2) is 0 Å². The number of halogens is 5. The van der Waals surface area contributed by atoms with E-state index in [0.717, 1.165) is 22.7 Å². The molecule has 45 heavy (non-hydrogen) atoms. The number of amides is 3. The molecular formula is C33H26BrClF3N3O3S. The van der Waals surface area contributed by atoms with E-state index in [0.29, 0.717) is 28.1 Å². The second kappa shape index (κ2) is 15.3. The van der Waals surface area contributed by atoms with E-state index in [9.17, 15) is 27.6 Å². The molecule has 4 rings (SSSR count). The Morgan fingerprint density at radius 2 is 1.62 bits per heavy atom. The van der Waals surface area contributed by atoms with E-state index in [4.69, 9.17) is 11.6 Å². The van der Waals surface area contributed by atoms with Crippen LogP contribution in [0.15, 0.2) is 112 Å². The minimum absolute atomic E-state index is 0.00742. The Morgan fingerprint density at radius 1 is 0.911 bits per heavy atom. The summed E-state index contributed by atoms with van der Waals surface area (Å²) >= 11 is 10.6. The summed E-state index contributed by atoms with van der Waals surface area (Å²) in [5.74, 6) is -1.56. The summed E-state index contributed by atoms with van der Waals surface area (Å²) in [6.45, 7) is 1.77. The number of hydrogen-bond acceptors (Lipinski definition) is 4. The fourth-order valence-electron chi connectivity index (χ4n) is 4.01. The molecule has 0 aliphatic heterocycles. The third kappa shape index (κ3) is 9.71. The summed E-state index contributed by atoms with van der Waals surface area (Å²) in [6, 6.07) is 25.1. The van der Waals surface area contributed by atoms with Gasteiger partial charge in [0.05, 0.1) is 21.5 Å². The zero-order valence-electron chi connectivity index (χ0n) is 23.6. The number of anilines is 2. The molecule has 3 N–H and O–H groups in total. The lowest BCUT2D eigenvalue weighted by Gasteiger charge is -2.17. The van der Waals surface area contributed by atoms with Crippen LogP contribution in [0, 0.1) is 0 Å². The minimum atomic E-state index is -4.59. The quantitative estimate of drug-likeness (QED) is 0.113. The van der Waals surface area contributed by atoms with Crippen LogP contribution in [-0.2, 0) is 15.8 Å². The molecule has 0 aromatic heterocycles. The molecule has 12 heteroatoms. The van der Waals surface area contributed by atoms with Crippen molar-refractivity contribution in [2.45, 2.75) is 29.7 Å². The lowest BCUT2D eigenvalue weighted by Crippen LogP contribution is -2.30. The maximum Gasteiger partial charge on any atom is 0.416 e.